The van der Waals surface area contributed by atoms with E-state index in [2.05, 4.69) is 33.4 Å². The standard InChI is InChI=1S/C8H17N5S/c1-8(2,5-13(3)4)11-7-10-6(9)12-14-7/h5H2,1-4H3,(H3,9,10,11,12). The number of aromatic nitrogens is 2. The molecule has 0 spiro atoms. The summed E-state index contributed by atoms with van der Waals surface area (Å²) in [6.07, 6.45) is 0. The minimum atomic E-state index is -0.0323. The molecule has 14 heavy (non-hydrogen) atoms. The number of nitrogens with two attached hydrogens (primary N) is 1. The summed E-state index contributed by atoms with van der Waals surface area (Å²) in [6.45, 7) is 5.15. The smallest absolute Gasteiger partial charge is 0.233 e. The van der Waals surface area contributed by atoms with Gasteiger partial charge in [0.1, 0.15) is 0 Å². The molecule has 1 aromatic heterocycles. The van der Waals surface area contributed by atoms with Crippen molar-refractivity contribution < 1.29 is 0 Å². The van der Waals surface area contributed by atoms with Gasteiger partial charge in [0.25, 0.3) is 0 Å². The van der Waals surface area contributed by atoms with E-state index in [1.807, 2.05) is 14.1 Å². The van der Waals surface area contributed by atoms with Gasteiger partial charge in [0.2, 0.25) is 11.1 Å². The second kappa shape index (κ2) is 4.10. The van der Waals surface area contributed by atoms with Crippen LogP contribution < -0.4 is 11.1 Å². The molecule has 1 heterocycles. The van der Waals surface area contributed by atoms with Crippen LogP contribution in [0.25, 0.3) is 0 Å². The van der Waals surface area contributed by atoms with Gasteiger partial charge in [-0.3, -0.25) is 0 Å². The Kier molecular flexibility index (Phi) is 3.28. The van der Waals surface area contributed by atoms with E-state index in [-0.39, 0.29) is 5.54 Å². The lowest BCUT2D eigenvalue weighted by molar-refractivity contribution is 0.334. The van der Waals surface area contributed by atoms with Crippen LogP contribution in [0.1, 0.15) is 13.8 Å². The highest BCUT2D eigenvalue weighted by Crippen LogP contribution is 2.18. The lowest BCUT2D eigenvalue weighted by Gasteiger charge is -2.28. The van der Waals surface area contributed by atoms with Crippen LogP contribution in [0.5, 0.6) is 0 Å². The molecule has 0 saturated carbocycles. The Morgan fingerprint density at radius 3 is 2.57 bits per heavy atom. The average Bonchev–Trinajstić information content (AvgIpc) is 2.30. The SMILES string of the molecule is CN(C)CC(C)(C)Nc1nc(N)ns1. The maximum Gasteiger partial charge on any atom is 0.233 e. The molecular formula is C8H17N5S. The zero-order chi connectivity index (χ0) is 10.8. The summed E-state index contributed by atoms with van der Waals surface area (Å²) in [4.78, 5) is 6.18. The maximum absolute atomic E-state index is 5.44. The van der Waals surface area contributed by atoms with Gasteiger partial charge in [0, 0.05) is 23.6 Å². The zero-order valence-corrected chi connectivity index (χ0v) is 9.85. The highest BCUT2D eigenvalue weighted by atomic mass is 32.1. The molecular weight excluding hydrogens is 198 g/mol. The van der Waals surface area contributed by atoms with Gasteiger partial charge in [-0.05, 0) is 27.9 Å². The van der Waals surface area contributed by atoms with Gasteiger partial charge in [-0.2, -0.15) is 9.36 Å². The van der Waals surface area contributed by atoms with Gasteiger partial charge in [-0.15, -0.1) is 0 Å². The van der Waals surface area contributed by atoms with Crippen molar-refractivity contribution in [2.75, 3.05) is 31.7 Å². The van der Waals surface area contributed by atoms with Crippen molar-refractivity contribution in [2.24, 2.45) is 0 Å². The molecule has 0 saturated heterocycles. The maximum atomic E-state index is 5.44. The molecule has 0 amide bonds. The van der Waals surface area contributed by atoms with Gasteiger partial charge < -0.3 is 16.0 Å². The fraction of sp³-hybridized carbons (Fsp3) is 0.750. The topological polar surface area (TPSA) is 67.1 Å². The molecule has 0 unspecified atom stereocenters. The fourth-order valence-corrected chi connectivity index (χ4v) is 2.08. The number of nitrogens with zero attached hydrogens (tertiary/aromatic N) is 3. The minimum Gasteiger partial charge on any atom is -0.367 e. The van der Waals surface area contributed by atoms with Gasteiger partial charge in [0.15, 0.2) is 0 Å². The molecule has 0 fully saturated rings. The molecule has 5 nitrogen and oxygen atoms in total. The largest absolute Gasteiger partial charge is 0.367 e. The first-order valence-electron chi connectivity index (χ1n) is 4.41. The summed E-state index contributed by atoms with van der Waals surface area (Å²) in [5, 5.41) is 4.07. The molecule has 0 aromatic carbocycles. The van der Waals surface area contributed by atoms with Gasteiger partial charge >= 0.3 is 0 Å². The molecule has 0 bridgehead atoms. The Labute approximate surface area is 88.5 Å². The van der Waals surface area contributed by atoms with Crippen molar-refractivity contribution in [1.82, 2.24) is 14.3 Å². The monoisotopic (exact) mass is 215 g/mol. The van der Waals surface area contributed by atoms with E-state index in [0.717, 1.165) is 11.7 Å². The Hall–Kier alpha value is -0.880. The lowest BCUT2D eigenvalue weighted by Crippen LogP contribution is -2.41. The van der Waals surface area contributed by atoms with Crippen LogP contribution in [-0.2, 0) is 0 Å². The number of likely N-dealkylation sites (N-methyl/N-ethyl adjacent to an activating group) is 1. The van der Waals surface area contributed by atoms with E-state index in [1.165, 1.54) is 11.5 Å². The normalized spacial score (nSPS) is 12.1. The first kappa shape index (κ1) is 11.2. The van der Waals surface area contributed by atoms with E-state index in [9.17, 15) is 0 Å². The number of nitrogen functional groups attached to an aromatic ring is 1. The van der Waals surface area contributed by atoms with Crippen molar-refractivity contribution in [3.63, 3.8) is 0 Å². The summed E-state index contributed by atoms with van der Waals surface area (Å²) in [6, 6.07) is 0. The molecule has 0 aliphatic rings. The predicted molar refractivity (Wildman–Crippen MR) is 60.6 cm³/mol. The molecule has 1 rings (SSSR count). The highest BCUT2D eigenvalue weighted by Gasteiger charge is 2.19. The van der Waals surface area contributed by atoms with Crippen molar-refractivity contribution in [1.29, 1.82) is 0 Å². The average molecular weight is 215 g/mol. The van der Waals surface area contributed by atoms with Crippen molar-refractivity contribution in [3.8, 4) is 0 Å². The first-order chi connectivity index (χ1) is 6.39. The van der Waals surface area contributed by atoms with Crippen molar-refractivity contribution in [3.05, 3.63) is 0 Å². The molecule has 0 atom stereocenters. The van der Waals surface area contributed by atoms with Crippen molar-refractivity contribution >= 4 is 22.6 Å². The Morgan fingerprint density at radius 1 is 1.50 bits per heavy atom. The second-order valence-electron chi connectivity index (χ2n) is 4.20. The molecule has 80 valence electrons. The van der Waals surface area contributed by atoms with Crippen LogP contribution in [-0.4, -0.2) is 40.4 Å². The second-order valence-corrected chi connectivity index (χ2v) is 4.96. The third-order valence-corrected chi connectivity index (χ3v) is 2.24. The van der Waals surface area contributed by atoms with Gasteiger partial charge in [-0.1, -0.05) is 0 Å². The van der Waals surface area contributed by atoms with Crippen LogP contribution >= 0.6 is 11.5 Å². The number of rotatable bonds is 4. The van der Waals surface area contributed by atoms with E-state index in [0.29, 0.717) is 5.95 Å². The zero-order valence-electron chi connectivity index (χ0n) is 9.03. The van der Waals surface area contributed by atoms with Crippen LogP contribution in [0, 0.1) is 0 Å². The third kappa shape index (κ3) is 3.47. The van der Waals surface area contributed by atoms with Crippen LogP contribution in [0.4, 0.5) is 11.1 Å². The van der Waals surface area contributed by atoms with Gasteiger partial charge in [-0.25, -0.2) is 0 Å². The molecule has 1 aromatic rings. The fourth-order valence-electron chi connectivity index (χ4n) is 1.41. The molecule has 6 heteroatoms. The summed E-state index contributed by atoms with van der Waals surface area (Å²) in [5.41, 5.74) is 5.40. The third-order valence-electron chi connectivity index (χ3n) is 1.60. The quantitative estimate of drug-likeness (QED) is 0.780. The first-order valence-corrected chi connectivity index (χ1v) is 5.18. The predicted octanol–water partition coefficient (Wildman–Crippen LogP) is 0.872. The van der Waals surface area contributed by atoms with Crippen LogP contribution in [0.15, 0.2) is 0 Å². The molecule has 0 radical (unpaired) electrons. The number of hydrogen-bond donors (Lipinski definition) is 2. The lowest BCUT2D eigenvalue weighted by atomic mass is 10.1. The number of anilines is 2. The van der Waals surface area contributed by atoms with E-state index >= 15 is 0 Å². The summed E-state index contributed by atoms with van der Waals surface area (Å²) in [5.74, 6) is 0.332. The Morgan fingerprint density at radius 2 is 2.14 bits per heavy atom. The summed E-state index contributed by atoms with van der Waals surface area (Å²) < 4.78 is 3.91. The summed E-state index contributed by atoms with van der Waals surface area (Å²) >= 11 is 1.29. The number of hydrogen-bond acceptors (Lipinski definition) is 6. The number of nitrogens with one attached hydrogen (secondary N) is 1. The van der Waals surface area contributed by atoms with Gasteiger partial charge in [0.05, 0.1) is 0 Å². The Balaban J connectivity index is 2.58. The van der Waals surface area contributed by atoms with E-state index < -0.39 is 0 Å². The molecule has 3 N–H and O–H groups in total. The van der Waals surface area contributed by atoms with E-state index in [4.69, 9.17) is 5.73 Å². The minimum absolute atomic E-state index is 0.0323. The van der Waals surface area contributed by atoms with Crippen LogP contribution in [0.2, 0.25) is 0 Å². The molecule has 0 aliphatic carbocycles. The van der Waals surface area contributed by atoms with Crippen LogP contribution in [0.3, 0.4) is 0 Å². The highest BCUT2D eigenvalue weighted by molar-refractivity contribution is 7.09. The molecule has 0 aliphatic heterocycles. The summed E-state index contributed by atoms with van der Waals surface area (Å²) in [7, 11) is 4.08. The Bertz CT molecular complexity index is 294. The van der Waals surface area contributed by atoms with E-state index in [1.54, 1.807) is 0 Å². The van der Waals surface area contributed by atoms with Crippen molar-refractivity contribution in [2.45, 2.75) is 19.4 Å².